The average molecular weight is 470 g/mol. The zero-order valence-electron chi connectivity index (χ0n) is 18.7. The first-order valence-electron chi connectivity index (χ1n) is 10.6. The maximum Gasteiger partial charge on any atom is 0.343 e. The molecule has 12 nitrogen and oxygen atoms in total. The number of ether oxygens (including phenoxy) is 1. The summed E-state index contributed by atoms with van der Waals surface area (Å²) in [5.74, 6) is -0.587. The normalized spacial score (nSPS) is 11.1. The van der Waals surface area contributed by atoms with Crippen molar-refractivity contribution in [3.63, 3.8) is 0 Å². The Morgan fingerprint density at radius 3 is 2.41 bits per heavy atom. The molecule has 0 radical (unpaired) electrons. The van der Waals surface area contributed by atoms with Crippen molar-refractivity contribution in [1.82, 2.24) is 24.3 Å². The highest BCUT2D eigenvalue weighted by molar-refractivity contribution is 7.99. The Labute approximate surface area is 189 Å². The lowest BCUT2D eigenvalue weighted by Crippen LogP contribution is -2.43. The number of nitrogen functional groups attached to an aromatic ring is 1. The fourth-order valence-corrected chi connectivity index (χ4v) is 3.90. The van der Waals surface area contributed by atoms with Gasteiger partial charge in [-0.05, 0) is 12.8 Å². The van der Waals surface area contributed by atoms with E-state index < -0.39 is 17.2 Å². The Bertz CT molecular complexity index is 1070. The summed E-state index contributed by atoms with van der Waals surface area (Å²) in [6, 6.07) is 0. The molecule has 0 aliphatic carbocycles. The fourth-order valence-electron chi connectivity index (χ4n) is 3.05. The summed E-state index contributed by atoms with van der Waals surface area (Å²) >= 11 is 1.08. The summed E-state index contributed by atoms with van der Waals surface area (Å²) in [7, 11) is 1.48. The van der Waals surface area contributed by atoms with Gasteiger partial charge in [-0.25, -0.2) is 14.7 Å². The van der Waals surface area contributed by atoms with Crippen molar-refractivity contribution in [2.45, 2.75) is 57.8 Å². The van der Waals surface area contributed by atoms with Gasteiger partial charge in [0.15, 0.2) is 10.8 Å². The monoisotopic (exact) mass is 469 g/mol. The molecule has 4 N–H and O–H groups in total. The van der Waals surface area contributed by atoms with Crippen LogP contribution in [-0.4, -0.2) is 56.2 Å². The molecule has 2 rings (SSSR count). The van der Waals surface area contributed by atoms with E-state index >= 15 is 0 Å². The zero-order chi connectivity index (χ0) is 23.7. The standard InChI is InChI=1S/C19H31N7O5S/c1-4-6-8-25-15(20)14(16(28)21-17(25)29)24(10-11-31-3)13(27)12-32-19-23-22-18(30)26(19)9-7-5-2/h4-12,20H2,1-3H3,(H,22,30)(H,21,28,29). The van der Waals surface area contributed by atoms with E-state index in [2.05, 4.69) is 15.2 Å². The Morgan fingerprint density at radius 2 is 1.78 bits per heavy atom. The van der Waals surface area contributed by atoms with Gasteiger partial charge in [0, 0.05) is 26.7 Å². The lowest BCUT2D eigenvalue weighted by atomic mass is 10.3. The third-order valence-electron chi connectivity index (χ3n) is 4.82. The molecule has 0 aliphatic rings. The van der Waals surface area contributed by atoms with Crippen molar-refractivity contribution >= 4 is 29.2 Å². The molecule has 178 valence electrons. The summed E-state index contributed by atoms with van der Waals surface area (Å²) in [6.07, 6.45) is 3.21. The molecule has 13 heteroatoms. The minimum Gasteiger partial charge on any atom is -0.383 e. The molecular weight excluding hydrogens is 438 g/mol. The third-order valence-corrected chi connectivity index (χ3v) is 5.78. The summed E-state index contributed by atoms with van der Waals surface area (Å²) in [5, 5.41) is 6.77. The number of aromatic amines is 2. The first kappa shape index (κ1) is 25.5. The van der Waals surface area contributed by atoms with E-state index in [1.807, 2.05) is 13.8 Å². The Kier molecular flexibility index (Phi) is 9.78. The maximum atomic E-state index is 13.1. The van der Waals surface area contributed by atoms with E-state index in [1.54, 1.807) is 0 Å². The third kappa shape index (κ3) is 6.13. The van der Waals surface area contributed by atoms with Gasteiger partial charge < -0.3 is 15.4 Å². The van der Waals surface area contributed by atoms with Gasteiger partial charge in [0.05, 0.1) is 12.4 Å². The number of amides is 1. The lowest BCUT2D eigenvalue weighted by Gasteiger charge is -2.24. The molecule has 0 fully saturated rings. The van der Waals surface area contributed by atoms with Crippen LogP contribution >= 0.6 is 11.8 Å². The van der Waals surface area contributed by atoms with Crippen LogP contribution in [0.15, 0.2) is 19.5 Å². The van der Waals surface area contributed by atoms with Crippen molar-refractivity contribution in [3.05, 3.63) is 31.3 Å². The van der Waals surface area contributed by atoms with Crippen LogP contribution in [0.25, 0.3) is 0 Å². The molecule has 0 spiro atoms. The SMILES string of the molecule is CCCCn1c(SCC(=O)N(CCOC)c2c(N)n(CCCC)c(=O)[nH]c2=O)n[nH]c1=O. The predicted molar refractivity (Wildman–Crippen MR) is 123 cm³/mol. The molecule has 0 saturated heterocycles. The summed E-state index contributed by atoms with van der Waals surface area (Å²) in [4.78, 5) is 53.3. The minimum atomic E-state index is -0.741. The predicted octanol–water partition coefficient (Wildman–Crippen LogP) is 0.376. The maximum absolute atomic E-state index is 13.1. The van der Waals surface area contributed by atoms with Crippen LogP contribution in [0.1, 0.15) is 39.5 Å². The van der Waals surface area contributed by atoms with Crippen LogP contribution < -0.4 is 27.6 Å². The second-order valence-electron chi connectivity index (χ2n) is 7.14. The quantitative estimate of drug-likeness (QED) is 0.355. The number of rotatable bonds is 13. The van der Waals surface area contributed by atoms with Crippen molar-refractivity contribution in [2.24, 2.45) is 0 Å². The van der Waals surface area contributed by atoms with Gasteiger partial charge >= 0.3 is 11.4 Å². The molecule has 32 heavy (non-hydrogen) atoms. The number of hydrogen-bond acceptors (Lipinski definition) is 8. The number of anilines is 2. The van der Waals surface area contributed by atoms with Crippen LogP contribution in [0.3, 0.4) is 0 Å². The number of carbonyl (C=O) groups is 1. The highest BCUT2D eigenvalue weighted by Gasteiger charge is 2.25. The number of nitrogens with one attached hydrogen (secondary N) is 2. The van der Waals surface area contributed by atoms with E-state index in [4.69, 9.17) is 10.5 Å². The van der Waals surface area contributed by atoms with Crippen LogP contribution in [0.5, 0.6) is 0 Å². The summed E-state index contributed by atoms with van der Waals surface area (Å²) in [6.45, 7) is 5.02. The smallest absolute Gasteiger partial charge is 0.343 e. The Balaban J connectivity index is 2.33. The first-order valence-corrected chi connectivity index (χ1v) is 11.5. The topological polar surface area (TPSA) is 161 Å². The molecule has 0 atom stereocenters. The molecule has 1 amide bonds. The van der Waals surface area contributed by atoms with Gasteiger partial charge in [-0.3, -0.25) is 23.7 Å². The zero-order valence-corrected chi connectivity index (χ0v) is 19.5. The second kappa shape index (κ2) is 12.3. The average Bonchev–Trinajstić information content (AvgIpc) is 3.11. The van der Waals surface area contributed by atoms with E-state index in [0.717, 1.165) is 31.0 Å². The second-order valence-corrected chi connectivity index (χ2v) is 8.08. The van der Waals surface area contributed by atoms with E-state index in [1.165, 1.54) is 21.1 Å². The number of thioether (sulfide) groups is 1. The van der Waals surface area contributed by atoms with Crippen LogP contribution in [0.4, 0.5) is 11.5 Å². The van der Waals surface area contributed by atoms with Gasteiger partial charge in [0.25, 0.3) is 5.56 Å². The van der Waals surface area contributed by atoms with Gasteiger partial charge in [-0.1, -0.05) is 38.5 Å². The number of H-pyrrole nitrogens is 2. The van der Waals surface area contributed by atoms with Crippen molar-refractivity contribution in [3.8, 4) is 0 Å². The van der Waals surface area contributed by atoms with Crippen LogP contribution in [-0.2, 0) is 22.6 Å². The molecule has 0 bridgehead atoms. The molecule has 2 aromatic rings. The van der Waals surface area contributed by atoms with Gasteiger partial charge in [-0.15, -0.1) is 5.10 Å². The van der Waals surface area contributed by atoms with Gasteiger partial charge in [-0.2, -0.15) is 0 Å². The highest BCUT2D eigenvalue weighted by Crippen LogP contribution is 2.20. The molecule has 2 aromatic heterocycles. The first-order chi connectivity index (χ1) is 15.3. The molecule has 2 heterocycles. The van der Waals surface area contributed by atoms with Crippen LogP contribution in [0.2, 0.25) is 0 Å². The number of nitrogens with two attached hydrogens (primary N) is 1. The van der Waals surface area contributed by atoms with Crippen molar-refractivity contribution in [2.75, 3.05) is 36.6 Å². The minimum absolute atomic E-state index is 0.0678. The number of aromatic nitrogens is 5. The van der Waals surface area contributed by atoms with E-state index in [0.29, 0.717) is 24.7 Å². The summed E-state index contributed by atoms with van der Waals surface area (Å²) in [5.41, 5.74) is 4.38. The van der Waals surface area contributed by atoms with Gasteiger partial charge in [0.2, 0.25) is 5.91 Å². The molecular formula is C19H31N7O5S. The van der Waals surface area contributed by atoms with Crippen LogP contribution in [0, 0.1) is 0 Å². The Hall–Kier alpha value is -2.80. The number of hydrogen-bond donors (Lipinski definition) is 3. The number of methoxy groups -OCH3 is 1. The fraction of sp³-hybridized carbons (Fsp3) is 0.632. The van der Waals surface area contributed by atoms with Crippen molar-refractivity contribution in [1.29, 1.82) is 0 Å². The lowest BCUT2D eigenvalue weighted by molar-refractivity contribution is -0.116. The number of nitrogens with zero attached hydrogens (tertiary/aromatic N) is 4. The summed E-state index contributed by atoms with van der Waals surface area (Å²) < 4.78 is 7.83. The van der Waals surface area contributed by atoms with Gasteiger partial charge in [0.1, 0.15) is 5.82 Å². The van der Waals surface area contributed by atoms with E-state index in [9.17, 15) is 19.2 Å². The largest absolute Gasteiger partial charge is 0.383 e. The highest BCUT2D eigenvalue weighted by atomic mass is 32.2. The number of unbranched alkanes of at least 4 members (excludes halogenated alkanes) is 2. The number of carbonyl (C=O) groups excluding carboxylic acids is 1. The Morgan fingerprint density at radius 1 is 1.12 bits per heavy atom. The molecule has 0 unspecified atom stereocenters. The molecule has 0 aromatic carbocycles. The molecule has 0 aliphatic heterocycles. The van der Waals surface area contributed by atoms with Crippen molar-refractivity contribution < 1.29 is 9.53 Å². The molecule has 0 saturated carbocycles. The van der Waals surface area contributed by atoms with E-state index in [-0.39, 0.29) is 36.1 Å².